The van der Waals surface area contributed by atoms with Gasteiger partial charge in [-0.25, -0.2) is 0 Å². The molecule has 1 aliphatic rings. The first kappa shape index (κ1) is 28.6. The second-order valence-corrected chi connectivity index (χ2v) is 9.09. The van der Waals surface area contributed by atoms with Crippen molar-refractivity contribution < 1.29 is 24.8 Å². The molecule has 184 valence electrons. The van der Waals surface area contributed by atoms with Crippen molar-refractivity contribution in [2.24, 2.45) is 0 Å². The molecule has 1 aliphatic heterocycles. The van der Waals surface area contributed by atoms with Crippen LogP contribution in [0.15, 0.2) is 12.2 Å². The lowest BCUT2D eigenvalue weighted by Crippen LogP contribution is -2.55. The highest BCUT2D eigenvalue weighted by Gasteiger charge is 2.39. The Morgan fingerprint density at radius 1 is 0.774 bits per heavy atom. The van der Waals surface area contributed by atoms with Gasteiger partial charge in [0.05, 0.1) is 13.2 Å². The van der Waals surface area contributed by atoms with Gasteiger partial charge in [0.15, 0.2) is 0 Å². The van der Waals surface area contributed by atoms with E-state index >= 15 is 0 Å². The normalized spacial score (nSPS) is 24.3. The van der Waals surface area contributed by atoms with E-state index in [0.29, 0.717) is 6.61 Å². The lowest BCUT2D eigenvalue weighted by atomic mass is 10.0. The van der Waals surface area contributed by atoms with Crippen LogP contribution in [-0.4, -0.2) is 59.6 Å². The van der Waals surface area contributed by atoms with Crippen LogP contribution >= 0.6 is 0 Å². The van der Waals surface area contributed by atoms with E-state index in [9.17, 15) is 15.3 Å². The number of hydrogen-bond acceptors (Lipinski definition) is 5. The predicted octanol–water partition coefficient (Wildman–Crippen LogP) is 5.30. The Morgan fingerprint density at radius 2 is 1.29 bits per heavy atom. The second kappa shape index (κ2) is 20.2. The van der Waals surface area contributed by atoms with Gasteiger partial charge in [0, 0.05) is 6.61 Å². The van der Waals surface area contributed by atoms with Crippen molar-refractivity contribution in [1.29, 1.82) is 0 Å². The lowest BCUT2D eigenvalue weighted by Gasteiger charge is -2.37. The Kier molecular flexibility index (Phi) is 18.6. The maximum atomic E-state index is 10.0. The van der Waals surface area contributed by atoms with Crippen molar-refractivity contribution >= 4 is 0 Å². The lowest BCUT2D eigenvalue weighted by molar-refractivity contribution is -0.211. The van der Waals surface area contributed by atoms with E-state index in [-0.39, 0.29) is 13.2 Å². The Bertz CT molecular complexity index is 413. The summed E-state index contributed by atoms with van der Waals surface area (Å²) in [6.45, 7) is 2.63. The summed E-state index contributed by atoms with van der Waals surface area (Å²) in [7, 11) is 0. The van der Waals surface area contributed by atoms with Crippen LogP contribution in [0.2, 0.25) is 0 Å². The SMILES string of the molecule is CCCCCC/C=C/CCCCCCCCCCCCO[C@@H]1[C@@H](O)[C@H](O)CO[C@H]1CO. The number of unbranched alkanes of at least 4 members (excludes halogenated alkanes) is 14. The topological polar surface area (TPSA) is 79.2 Å². The first-order valence-corrected chi connectivity index (χ1v) is 13.1. The van der Waals surface area contributed by atoms with E-state index < -0.39 is 24.4 Å². The fraction of sp³-hybridized carbons (Fsp3) is 0.923. The Hall–Kier alpha value is -0.460. The quantitative estimate of drug-likeness (QED) is 0.176. The molecule has 5 heteroatoms. The highest BCUT2D eigenvalue weighted by Crippen LogP contribution is 2.19. The largest absolute Gasteiger partial charge is 0.394 e. The number of hydrogen-bond donors (Lipinski definition) is 3. The summed E-state index contributed by atoms with van der Waals surface area (Å²) in [4.78, 5) is 0. The van der Waals surface area contributed by atoms with Gasteiger partial charge in [-0.15, -0.1) is 0 Å². The summed E-state index contributed by atoms with van der Waals surface area (Å²) in [5, 5.41) is 29.0. The average Bonchev–Trinajstić information content (AvgIpc) is 2.78. The van der Waals surface area contributed by atoms with Gasteiger partial charge in [-0.1, -0.05) is 89.7 Å². The molecular formula is C26H50O5. The van der Waals surface area contributed by atoms with Gasteiger partial charge in [0.1, 0.15) is 24.4 Å². The van der Waals surface area contributed by atoms with Crippen LogP contribution in [-0.2, 0) is 9.47 Å². The molecule has 1 saturated heterocycles. The van der Waals surface area contributed by atoms with Gasteiger partial charge >= 0.3 is 0 Å². The summed E-state index contributed by atoms with van der Waals surface area (Å²) in [5.74, 6) is 0. The third-order valence-corrected chi connectivity index (χ3v) is 6.22. The zero-order chi connectivity index (χ0) is 22.6. The number of ether oxygens (including phenoxy) is 2. The molecule has 1 rings (SSSR count). The molecule has 0 aliphatic carbocycles. The van der Waals surface area contributed by atoms with Crippen molar-refractivity contribution in [2.75, 3.05) is 19.8 Å². The van der Waals surface area contributed by atoms with Gasteiger partial charge in [-0.05, 0) is 32.1 Å². The van der Waals surface area contributed by atoms with E-state index in [2.05, 4.69) is 19.1 Å². The van der Waals surface area contributed by atoms with Crippen molar-refractivity contribution in [3.8, 4) is 0 Å². The third kappa shape index (κ3) is 14.3. The second-order valence-electron chi connectivity index (χ2n) is 9.09. The van der Waals surface area contributed by atoms with Crippen LogP contribution in [0.4, 0.5) is 0 Å². The van der Waals surface area contributed by atoms with E-state index in [1.165, 1.54) is 89.9 Å². The van der Waals surface area contributed by atoms with Crippen molar-refractivity contribution in [2.45, 2.75) is 134 Å². The van der Waals surface area contributed by atoms with Crippen LogP contribution in [0.1, 0.15) is 110 Å². The first-order chi connectivity index (χ1) is 15.2. The van der Waals surface area contributed by atoms with Crippen molar-refractivity contribution in [3.05, 3.63) is 12.2 Å². The van der Waals surface area contributed by atoms with Gasteiger partial charge in [-0.3, -0.25) is 0 Å². The molecule has 1 fully saturated rings. The smallest absolute Gasteiger partial charge is 0.114 e. The minimum atomic E-state index is -0.988. The summed E-state index contributed by atoms with van der Waals surface area (Å²) in [5.41, 5.74) is 0. The van der Waals surface area contributed by atoms with E-state index in [4.69, 9.17) is 9.47 Å². The molecule has 0 bridgehead atoms. The molecule has 0 amide bonds. The molecule has 0 spiro atoms. The minimum absolute atomic E-state index is 0.0441. The van der Waals surface area contributed by atoms with Crippen LogP contribution in [0.5, 0.6) is 0 Å². The van der Waals surface area contributed by atoms with E-state index in [0.717, 1.165) is 12.8 Å². The molecule has 3 N–H and O–H groups in total. The zero-order valence-corrected chi connectivity index (χ0v) is 20.1. The van der Waals surface area contributed by atoms with E-state index in [1.807, 2.05) is 0 Å². The van der Waals surface area contributed by atoms with Gasteiger partial charge < -0.3 is 24.8 Å². The maximum Gasteiger partial charge on any atom is 0.114 e. The highest BCUT2D eigenvalue weighted by atomic mass is 16.6. The highest BCUT2D eigenvalue weighted by molar-refractivity contribution is 4.87. The molecule has 0 radical (unpaired) electrons. The molecule has 0 saturated carbocycles. The maximum absolute atomic E-state index is 10.0. The number of allylic oxidation sites excluding steroid dienone is 2. The van der Waals surface area contributed by atoms with Crippen LogP contribution < -0.4 is 0 Å². The third-order valence-electron chi connectivity index (χ3n) is 6.22. The number of rotatable bonds is 20. The minimum Gasteiger partial charge on any atom is -0.394 e. The van der Waals surface area contributed by atoms with Crippen LogP contribution in [0.25, 0.3) is 0 Å². The summed E-state index contributed by atoms with van der Waals surface area (Å²) >= 11 is 0. The monoisotopic (exact) mass is 442 g/mol. The summed E-state index contributed by atoms with van der Waals surface area (Å²) < 4.78 is 11.0. The molecule has 5 nitrogen and oxygen atoms in total. The fourth-order valence-corrected chi connectivity index (χ4v) is 4.14. The van der Waals surface area contributed by atoms with Gasteiger partial charge in [0.2, 0.25) is 0 Å². The molecule has 31 heavy (non-hydrogen) atoms. The summed E-state index contributed by atoms with van der Waals surface area (Å²) in [6.07, 6.45) is 22.2. The Labute approximate surface area is 191 Å². The molecular weight excluding hydrogens is 392 g/mol. The Balaban J connectivity index is 1.83. The first-order valence-electron chi connectivity index (χ1n) is 13.1. The Morgan fingerprint density at radius 3 is 1.84 bits per heavy atom. The predicted molar refractivity (Wildman–Crippen MR) is 127 cm³/mol. The molecule has 1 heterocycles. The molecule has 0 aromatic carbocycles. The van der Waals surface area contributed by atoms with E-state index in [1.54, 1.807) is 0 Å². The van der Waals surface area contributed by atoms with Crippen molar-refractivity contribution in [3.63, 3.8) is 0 Å². The molecule has 0 aromatic heterocycles. The fourth-order valence-electron chi connectivity index (χ4n) is 4.14. The van der Waals surface area contributed by atoms with Crippen LogP contribution in [0, 0.1) is 0 Å². The molecule has 0 unspecified atom stereocenters. The van der Waals surface area contributed by atoms with Gasteiger partial charge in [-0.2, -0.15) is 0 Å². The van der Waals surface area contributed by atoms with Crippen LogP contribution in [0.3, 0.4) is 0 Å². The summed E-state index contributed by atoms with van der Waals surface area (Å²) in [6, 6.07) is 0. The number of aliphatic hydroxyl groups excluding tert-OH is 3. The number of aliphatic hydroxyl groups is 3. The zero-order valence-electron chi connectivity index (χ0n) is 20.1. The molecule has 4 atom stereocenters. The van der Waals surface area contributed by atoms with Crippen molar-refractivity contribution in [1.82, 2.24) is 0 Å². The standard InChI is InChI=1S/C26H50O5/c1-2-3-4-5-6-7-8-9-10-11-12-13-14-15-16-17-18-19-20-30-26-24(21-27)31-22-23(28)25(26)29/h7-8,23-29H,2-6,9-22H2,1H3/b8-7+/t23-,24+,25+,26+/m1/s1. The average molecular weight is 443 g/mol. The molecule has 0 aromatic rings. The van der Waals surface area contributed by atoms with Gasteiger partial charge in [0.25, 0.3) is 0 Å².